The number of aryl methyl sites for hydroxylation is 2. The molecule has 0 aromatic carbocycles. The summed E-state index contributed by atoms with van der Waals surface area (Å²) in [5.41, 5.74) is 8.24. The SMILES string of the molecule is Cc1cc(C)n2cc(CN3CCC([C@H](O)C(N)=O)CC3)nc2n1. The molecule has 1 aliphatic heterocycles. The minimum absolute atomic E-state index is 0.0311. The van der Waals surface area contributed by atoms with Gasteiger partial charge in [0.15, 0.2) is 0 Å². The Morgan fingerprint density at radius 3 is 2.74 bits per heavy atom. The van der Waals surface area contributed by atoms with E-state index in [1.165, 1.54) is 0 Å². The molecule has 23 heavy (non-hydrogen) atoms. The van der Waals surface area contributed by atoms with Crippen LogP contribution in [0.1, 0.15) is 29.9 Å². The molecule has 0 unspecified atom stereocenters. The molecule has 0 radical (unpaired) electrons. The zero-order chi connectivity index (χ0) is 16.6. The molecule has 1 aliphatic rings. The molecule has 124 valence electrons. The molecule has 3 N–H and O–H groups in total. The highest BCUT2D eigenvalue weighted by Crippen LogP contribution is 2.22. The fraction of sp³-hybridized carbons (Fsp3) is 0.562. The molecule has 1 fully saturated rings. The third kappa shape index (κ3) is 3.35. The van der Waals surface area contributed by atoms with Crippen LogP contribution in [-0.2, 0) is 11.3 Å². The van der Waals surface area contributed by atoms with Crippen molar-refractivity contribution in [3.8, 4) is 0 Å². The van der Waals surface area contributed by atoms with E-state index in [0.29, 0.717) is 0 Å². The van der Waals surface area contributed by atoms with Crippen molar-refractivity contribution in [3.63, 3.8) is 0 Å². The summed E-state index contributed by atoms with van der Waals surface area (Å²) in [6, 6.07) is 2.04. The standard InChI is InChI=1S/C16H23N5O2/c1-10-7-11(2)21-9-13(19-16(21)18-10)8-20-5-3-12(4-6-20)14(22)15(17)23/h7,9,12,14,22H,3-6,8H2,1-2H3,(H2,17,23)/t14-/m0/s1. The van der Waals surface area contributed by atoms with Crippen molar-refractivity contribution in [1.29, 1.82) is 0 Å². The maximum atomic E-state index is 11.1. The van der Waals surface area contributed by atoms with Crippen molar-refractivity contribution in [2.45, 2.75) is 39.3 Å². The largest absolute Gasteiger partial charge is 0.383 e. The predicted octanol–water partition coefficient (Wildman–Crippen LogP) is 0.404. The monoisotopic (exact) mass is 317 g/mol. The van der Waals surface area contributed by atoms with Gasteiger partial charge in [-0.05, 0) is 51.8 Å². The van der Waals surface area contributed by atoms with E-state index in [2.05, 4.69) is 14.9 Å². The fourth-order valence-corrected chi connectivity index (χ4v) is 3.28. The second kappa shape index (κ2) is 6.25. The highest BCUT2D eigenvalue weighted by atomic mass is 16.3. The van der Waals surface area contributed by atoms with Gasteiger partial charge in [-0.3, -0.25) is 14.1 Å². The van der Waals surface area contributed by atoms with Crippen LogP contribution >= 0.6 is 0 Å². The molecule has 7 heteroatoms. The van der Waals surface area contributed by atoms with Gasteiger partial charge in [-0.2, -0.15) is 0 Å². The summed E-state index contributed by atoms with van der Waals surface area (Å²) in [5.74, 6) is 0.0774. The molecule has 0 spiro atoms. The quantitative estimate of drug-likeness (QED) is 0.851. The first-order valence-electron chi connectivity index (χ1n) is 7.96. The molecular formula is C16H23N5O2. The minimum atomic E-state index is -1.03. The molecule has 2 aromatic heterocycles. The topological polar surface area (TPSA) is 96.8 Å². The minimum Gasteiger partial charge on any atom is -0.383 e. The van der Waals surface area contributed by atoms with E-state index >= 15 is 0 Å². The van der Waals surface area contributed by atoms with E-state index in [0.717, 1.165) is 55.3 Å². The Hall–Kier alpha value is -1.99. The van der Waals surface area contributed by atoms with Crippen LogP contribution in [0.2, 0.25) is 0 Å². The third-order valence-electron chi connectivity index (χ3n) is 4.57. The van der Waals surface area contributed by atoms with Crippen molar-refractivity contribution in [2.24, 2.45) is 11.7 Å². The van der Waals surface area contributed by atoms with Crippen LogP contribution in [0.25, 0.3) is 5.78 Å². The van der Waals surface area contributed by atoms with Crippen LogP contribution in [0.3, 0.4) is 0 Å². The number of nitrogens with two attached hydrogens (primary N) is 1. The average Bonchev–Trinajstić information content (AvgIpc) is 2.90. The first-order valence-corrected chi connectivity index (χ1v) is 7.96. The van der Waals surface area contributed by atoms with Crippen LogP contribution in [0.15, 0.2) is 12.3 Å². The molecule has 1 amide bonds. The van der Waals surface area contributed by atoms with Gasteiger partial charge in [-0.1, -0.05) is 0 Å². The van der Waals surface area contributed by atoms with E-state index < -0.39 is 12.0 Å². The average molecular weight is 317 g/mol. The van der Waals surface area contributed by atoms with Gasteiger partial charge >= 0.3 is 0 Å². The van der Waals surface area contributed by atoms with Gasteiger partial charge in [-0.25, -0.2) is 9.97 Å². The number of rotatable bonds is 4. The lowest BCUT2D eigenvalue weighted by Crippen LogP contribution is -2.42. The van der Waals surface area contributed by atoms with Crippen molar-refractivity contribution in [2.75, 3.05) is 13.1 Å². The number of amides is 1. The summed E-state index contributed by atoms with van der Waals surface area (Å²) in [5, 5.41) is 9.76. The Kier molecular flexibility index (Phi) is 4.32. The number of nitrogens with zero attached hydrogens (tertiary/aromatic N) is 4. The van der Waals surface area contributed by atoms with Crippen LogP contribution < -0.4 is 5.73 Å². The second-order valence-corrected chi connectivity index (χ2v) is 6.40. The number of carbonyl (C=O) groups is 1. The molecule has 3 heterocycles. The van der Waals surface area contributed by atoms with Crippen LogP contribution in [0.4, 0.5) is 0 Å². The van der Waals surface area contributed by atoms with Gasteiger partial charge in [0.25, 0.3) is 0 Å². The number of aliphatic hydroxyl groups excluding tert-OH is 1. The lowest BCUT2D eigenvalue weighted by molar-refractivity contribution is -0.129. The highest BCUT2D eigenvalue weighted by molar-refractivity contribution is 5.78. The van der Waals surface area contributed by atoms with Gasteiger partial charge in [0, 0.05) is 24.1 Å². The van der Waals surface area contributed by atoms with Crippen LogP contribution in [-0.4, -0.2) is 49.5 Å². The van der Waals surface area contributed by atoms with E-state index in [9.17, 15) is 9.90 Å². The van der Waals surface area contributed by atoms with Gasteiger partial charge in [-0.15, -0.1) is 0 Å². The maximum absolute atomic E-state index is 11.1. The number of fused-ring (bicyclic) bond motifs is 1. The van der Waals surface area contributed by atoms with E-state index in [1.807, 2.05) is 30.5 Å². The molecule has 1 atom stereocenters. The first kappa shape index (κ1) is 15.9. The number of hydrogen-bond acceptors (Lipinski definition) is 5. The number of carbonyl (C=O) groups excluding carboxylic acids is 1. The number of primary amides is 1. The molecule has 0 bridgehead atoms. The summed E-state index contributed by atoms with van der Waals surface area (Å²) < 4.78 is 2.01. The van der Waals surface area contributed by atoms with Crippen molar-refractivity contribution < 1.29 is 9.90 Å². The summed E-state index contributed by atoms with van der Waals surface area (Å²) in [7, 11) is 0. The van der Waals surface area contributed by atoms with Crippen molar-refractivity contribution in [1.82, 2.24) is 19.3 Å². The Labute approximate surface area is 135 Å². The van der Waals surface area contributed by atoms with Gasteiger partial charge in [0.2, 0.25) is 11.7 Å². The second-order valence-electron chi connectivity index (χ2n) is 6.40. The number of aliphatic hydroxyl groups is 1. The summed E-state index contributed by atoms with van der Waals surface area (Å²) in [6.07, 6.45) is 2.55. The summed E-state index contributed by atoms with van der Waals surface area (Å²) in [6.45, 7) is 6.42. The lowest BCUT2D eigenvalue weighted by Gasteiger charge is -2.32. The molecule has 0 saturated carbocycles. The van der Waals surface area contributed by atoms with Crippen molar-refractivity contribution in [3.05, 3.63) is 29.3 Å². The predicted molar refractivity (Wildman–Crippen MR) is 85.7 cm³/mol. The highest BCUT2D eigenvalue weighted by Gasteiger charge is 2.28. The zero-order valence-electron chi connectivity index (χ0n) is 13.6. The number of hydrogen-bond donors (Lipinski definition) is 2. The molecular weight excluding hydrogens is 294 g/mol. The Bertz CT molecular complexity index is 719. The Morgan fingerprint density at radius 1 is 1.39 bits per heavy atom. The summed E-state index contributed by atoms with van der Waals surface area (Å²) in [4.78, 5) is 22.4. The number of imidazole rings is 1. The molecule has 3 rings (SSSR count). The van der Waals surface area contributed by atoms with E-state index in [1.54, 1.807) is 0 Å². The van der Waals surface area contributed by atoms with Crippen LogP contribution in [0, 0.1) is 19.8 Å². The smallest absolute Gasteiger partial charge is 0.246 e. The number of likely N-dealkylation sites (tertiary alicyclic amines) is 1. The lowest BCUT2D eigenvalue weighted by atomic mass is 9.91. The number of aromatic nitrogens is 3. The summed E-state index contributed by atoms with van der Waals surface area (Å²) >= 11 is 0. The van der Waals surface area contributed by atoms with Gasteiger partial charge in [0.1, 0.15) is 6.10 Å². The molecule has 1 saturated heterocycles. The van der Waals surface area contributed by atoms with Crippen molar-refractivity contribution >= 4 is 11.7 Å². The normalized spacial score (nSPS) is 18.4. The third-order valence-corrected chi connectivity index (χ3v) is 4.57. The Morgan fingerprint density at radius 2 is 2.09 bits per heavy atom. The Balaban J connectivity index is 1.65. The first-order chi connectivity index (χ1) is 10.9. The van der Waals surface area contributed by atoms with Crippen LogP contribution in [0.5, 0.6) is 0 Å². The molecule has 7 nitrogen and oxygen atoms in total. The molecule has 0 aliphatic carbocycles. The number of piperidine rings is 1. The van der Waals surface area contributed by atoms with E-state index in [4.69, 9.17) is 5.73 Å². The van der Waals surface area contributed by atoms with Gasteiger partial charge < -0.3 is 10.8 Å². The molecule has 2 aromatic rings. The fourth-order valence-electron chi connectivity index (χ4n) is 3.28. The van der Waals surface area contributed by atoms with Gasteiger partial charge in [0.05, 0.1) is 5.69 Å². The maximum Gasteiger partial charge on any atom is 0.246 e. The zero-order valence-corrected chi connectivity index (χ0v) is 13.6. The van der Waals surface area contributed by atoms with E-state index in [-0.39, 0.29) is 5.92 Å².